The van der Waals surface area contributed by atoms with Crippen LogP contribution in [0.15, 0.2) is 40.2 Å². The molecule has 0 aliphatic carbocycles. The van der Waals surface area contributed by atoms with Gasteiger partial charge in [-0.15, -0.1) is 24.0 Å². The molecule has 0 bridgehead atoms. The van der Waals surface area contributed by atoms with Gasteiger partial charge in [0.2, 0.25) is 0 Å². The number of benzene rings is 1. The van der Waals surface area contributed by atoms with Crippen LogP contribution >= 0.6 is 24.0 Å². The second-order valence-corrected chi connectivity index (χ2v) is 8.32. The summed E-state index contributed by atoms with van der Waals surface area (Å²) in [5.41, 5.74) is 0. The van der Waals surface area contributed by atoms with E-state index in [2.05, 4.69) is 29.5 Å². The predicted octanol–water partition coefficient (Wildman–Crippen LogP) is 3.46. The van der Waals surface area contributed by atoms with Crippen molar-refractivity contribution in [2.45, 2.75) is 51.5 Å². The highest BCUT2D eigenvalue weighted by Gasteiger charge is 2.20. The molecule has 0 saturated carbocycles. The maximum atomic E-state index is 12.5. The summed E-state index contributed by atoms with van der Waals surface area (Å²) in [6.07, 6.45) is 1.72. The second-order valence-electron chi connectivity index (χ2n) is 6.29. The van der Waals surface area contributed by atoms with Crippen LogP contribution in [0.25, 0.3) is 0 Å². The van der Waals surface area contributed by atoms with E-state index in [1.165, 1.54) is 0 Å². The van der Waals surface area contributed by atoms with Gasteiger partial charge in [-0.2, -0.15) is 0 Å². The van der Waals surface area contributed by atoms with Gasteiger partial charge >= 0.3 is 0 Å². The molecule has 1 rings (SSSR count). The van der Waals surface area contributed by atoms with Crippen molar-refractivity contribution in [1.29, 1.82) is 0 Å². The molecule has 5 nitrogen and oxygen atoms in total. The molecule has 0 amide bonds. The Morgan fingerprint density at radius 3 is 2.32 bits per heavy atom. The van der Waals surface area contributed by atoms with Crippen molar-refractivity contribution in [2.24, 2.45) is 10.9 Å². The highest BCUT2D eigenvalue weighted by Crippen LogP contribution is 2.12. The fourth-order valence-electron chi connectivity index (χ4n) is 2.20. The molecule has 1 atom stereocenters. The lowest BCUT2D eigenvalue weighted by Crippen LogP contribution is -2.46. The number of guanidine groups is 1. The normalized spacial score (nSPS) is 13.2. The van der Waals surface area contributed by atoms with E-state index in [1.807, 2.05) is 19.9 Å². The van der Waals surface area contributed by atoms with E-state index in [9.17, 15) is 8.42 Å². The third-order valence-corrected chi connectivity index (χ3v) is 5.51. The van der Waals surface area contributed by atoms with Gasteiger partial charge in [0.25, 0.3) is 0 Å². The van der Waals surface area contributed by atoms with Crippen LogP contribution in [0, 0.1) is 5.92 Å². The Morgan fingerprint density at radius 2 is 1.80 bits per heavy atom. The van der Waals surface area contributed by atoms with Crippen molar-refractivity contribution >= 4 is 39.8 Å². The zero-order valence-corrected chi connectivity index (χ0v) is 18.8. The van der Waals surface area contributed by atoms with Gasteiger partial charge in [-0.05, 0) is 37.8 Å². The van der Waals surface area contributed by atoms with Gasteiger partial charge in [-0.25, -0.2) is 8.42 Å². The highest BCUT2D eigenvalue weighted by molar-refractivity contribution is 14.0. The summed E-state index contributed by atoms with van der Waals surface area (Å²) >= 11 is 0. The zero-order chi connectivity index (χ0) is 18.0. The van der Waals surface area contributed by atoms with E-state index < -0.39 is 9.84 Å². The Kier molecular flexibility index (Phi) is 12.1. The standard InChI is InChI=1S/C18H31N3O2S.HI/c1-5-16(14-24(22,23)17-10-8-7-9-11-17)21-18(19-6-2)20-13-12-15(3)4;/h7-11,15-16H,5-6,12-14H2,1-4H3,(H2,19,20,21);1H. The van der Waals surface area contributed by atoms with Crippen molar-refractivity contribution < 1.29 is 8.42 Å². The van der Waals surface area contributed by atoms with E-state index in [1.54, 1.807) is 24.3 Å². The molecule has 0 radical (unpaired) electrons. The van der Waals surface area contributed by atoms with Crippen molar-refractivity contribution in [3.05, 3.63) is 30.3 Å². The number of hydrogen-bond acceptors (Lipinski definition) is 3. The molecule has 0 aliphatic rings. The maximum absolute atomic E-state index is 12.5. The minimum Gasteiger partial charge on any atom is -0.357 e. The number of aliphatic imine (C=N–C) groups is 1. The predicted molar refractivity (Wildman–Crippen MR) is 117 cm³/mol. The molecule has 0 aliphatic heterocycles. The molecular formula is C18H32IN3O2S. The van der Waals surface area contributed by atoms with Crippen molar-refractivity contribution in [3.8, 4) is 0 Å². The first-order valence-corrected chi connectivity index (χ1v) is 10.4. The molecule has 1 aromatic rings. The van der Waals surface area contributed by atoms with Gasteiger partial charge in [0.15, 0.2) is 15.8 Å². The number of sulfone groups is 1. The molecule has 25 heavy (non-hydrogen) atoms. The first-order chi connectivity index (χ1) is 11.4. The molecule has 1 unspecified atom stereocenters. The minimum atomic E-state index is -3.31. The van der Waals surface area contributed by atoms with Crippen LogP contribution in [-0.4, -0.2) is 39.3 Å². The van der Waals surface area contributed by atoms with Gasteiger partial charge in [0, 0.05) is 19.1 Å². The van der Waals surface area contributed by atoms with Crippen molar-refractivity contribution in [1.82, 2.24) is 10.6 Å². The van der Waals surface area contributed by atoms with E-state index >= 15 is 0 Å². The summed E-state index contributed by atoms with van der Waals surface area (Å²) in [6, 6.07) is 8.43. The van der Waals surface area contributed by atoms with E-state index in [0.29, 0.717) is 23.2 Å². The van der Waals surface area contributed by atoms with Crippen molar-refractivity contribution in [2.75, 3.05) is 18.8 Å². The molecule has 2 N–H and O–H groups in total. The van der Waals surface area contributed by atoms with Crippen LogP contribution in [0.5, 0.6) is 0 Å². The fourth-order valence-corrected chi connectivity index (χ4v) is 3.81. The first-order valence-electron chi connectivity index (χ1n) is 8.71. The van der Waals surface area contributed by atoms with E-state index in [4.69, 9.17) is 0 Å². The first kappa shape index (κ1) is 24.2. The maximum Gasteiger partial charge on any atom is 0.191 e. The average Bonchev–Trinajstić information content (AvgIpc) is 2.54. The van der Waals surface area contributed by atoms with Crippen LogP contribution in [0.2, 0.25) is 0 Å². The SMILES string of the molecule is CCNC(=NCCC(C)C)NC(CC)CS(=O)(=O)c1ccccc1.I. The summed E-state index contributed by atoms with van der Waals surface area (Å²) in [5.74, 6) is 1.34. The molecular weight excluding hydrogens is 449 g/mol. The molecule has 0 saturated heterocycles. The summed E-state index contributed by atoms with van der Waals surface area (Å²) in [7, 11) is -3.31. The Morgan fingerprint density at radius 1 is 1.16 bits per heavy atom. The van der Waals surface area contributed by atoms with Crippen molar-refractivity contribution in [3.63, 3.8) is 0 Å². The Balaban J connectivity index is 0.00000576. The van der Waals surface area contributed by atoms with Crippen LogP contribution in [0.3, 0.4) is 0 Å². The molecule has 1 aromatic carbocycles. The minimum absolute atomic E-state index is 0. The molecule has 0 spiro atoms. The van der Waals surface area contributed by atoms with Gasteiger partial charge in [-0.3, -0.25) is 4.99 Å². The Hall–Kier alpha value is -0.830. The number of hydrogen-bond donors (Lipinski definition) is 2. The highest BCUT2D eigenvalue weighted by atomic mass is 127. The third-order valence-electron chi connectivity index (χ3n) is 3.68. The Labute approximate surface area is 170 Å². The van der Waals surface area contributed by atoms with Crippen LogP contribution in [-0.2, 0) is 9.84 Å². The van der Waals surface area contributed by atoms with Crippen LogP contribution in [0.1, 0.15) is 40.5 Å². The fraction of sp³-hybridized carbons (Fsp3) is 0.611. The number of nitrogens with one attached hydrogen (secondary N) is 2. The molecule has 7 heteroatoms. The average molecular weight is 481 g/mol. The third kappa shape index (κ3) is 9.44. The summed E-state index contributed by atoms with van der Waals surface area (Å²) in [6.45, 7) is 9.79. The van der Waals surface area contributed by atoms with Gasteiger partial charge in [-0.1, -0.05) is 39.0 Å². The smallest absolute Gasteiger partial charge is 0.191 e. The lowest BCUT2D eigenvalue weighted by Gasteiger charge is -2.20. The number of rotatable bonds is 9. The zero-order valence-electron chi connectivity index (χ0n) is 15.7. The summed E-state index contributed by atoms with van der Waals surface area (Å²) in [4.78, 5) is 4.91. The summed E-state index contributed by atoms with van der Waals surface area (Å²) < 4.78 is 25.1. The largest absolute Gasteiger partial charge is 0.357 e. The summed E-state index contributed by atoms with van der Waals surface area (Å²) in [5, 5.41) is 6.45. The molecule has 144 valence electrons. The monoisotopic (exact) mass is 481 g/mol. The lowest BCUT2D eigenvalue weighted by molar-refractivity contribution is 0.566. The van der Waals surface area contributed by atoms with E-state index in [0.717, 1.165) is 19.5 Å². The van der Waals surface area contributed by atoms with Crippen LogP contribution in [0.4, 0.5) is 0 Å². The quantitative estimate of drug-likeness (QED) is 0.322. The molecule has 0 fully saturated rings. The second kappa shape index (κ2) is 12.5. The van der Waals surface area contributed by atoms with E-state index in [-0.39, 0.29) is 35.8 Å². The van der Waals surface area contributed by atoms with Gasteiger partial charge in [0.05, 0.1) is 10.6 Å². The molecule has 0 heterocycles. The lowest BCUT2D eigenvalue weighted by atomic mass is 10.1. The molecule has 0 aromatic heterocycles. The van der Waals surface area contributed by atoms with Gasteiger partial charge in [0.1, 0.15) is 0 Å². The Bertz CT molecular complexity index is 604. The topological polar surface area (TPSA) is 70.6 Å². The van der Waals surface area contributed by atoms with Gasteiger partial charge < -0.3 is 10.6 Å². The number of halogens is 1. The van der Waals surface area contributed by atoms with Crippen LogP contribution < -0.4 is 10.6 Å². The number of nitrogens with zero attached hydrogens (tertiary/aromatic N) is 1.